The number of benzene rings is 3. The maximum absolute atomic E-state index is 12.4. The van der Waals surface area contributed by atoms with Gasteiger partial charge in [0.25, 0.3) is 10.1 Å². The minimum atomic E-state index is -4.83. The Kier molecular flexibility index (Phi) is 9.26. The van der Waals surface area contributed by atoms with Crippen LogP contribution in [0.15, 0.2) is 63.2 Å². The van der Waals surface area contributed by atoms with Crippen LogP contribution in [-0.4, -0.2) is 80.4 Å². The zero-order valence-corrected chi connectivity index (χ0v) is 25.4. The highest BCUT2D eigenvalue weighted by Gasteiger charge is 2.23. The number of nitrogens with one attached hydrogen (secondary N) is 2. The van der Waals surface area contributed by atoms with Gasteiger partial charge < -0.3 is 29.4 Å². The van der Waals surface area contributed by atoms with E-state index in [2.05, 4.69) is 29.8 Å². The summed E-state index contributed by atoms with van der Waals surface area (Å²) in [5.41, 5.74) is 0.0488. The van der Waals surface area contributed by atoms with Gasteiger partial charge in [-0.25, -0.2) is 12.6 Å². The highest BCUT2D eigenvalue weighted by Crippen LogP contribution is 2.48. The van der Waals surface area contributed by atoms with Crippen LogP contribution in [0.3, 0.4) is 0 Å². The minimum Gasteiger partial charge on any atom is -0.507 e. The van der Waals surface area contributed by atoms with Crippen LogP contribution in [0, 0.1) is 0 Å². The maximum Gasteiger partial charge on any atom is 0.397 e. The van der Waals surface area contributed by atoms with E-state index >= 15 is 0 Å². The lowest BCUT2D eigenvalue weighted by atomic mass is 10.1. The third-order valence-electron chi connectivity index (χ3n) is 5.50. The number of phenolic OH excluding ortho intramolecular Hbond substituents is 1. The highest BCUT2D eigenvalue weighted by molar-refractivity contribution is 8.19. The molecule has 4 aromatic rings. The molecule has 0 aliphatic heterocycles. The molecule has 0 bridgehead atoms. The summed E-state index contributed by atoms with van der Waals surface area (Å²) < 4.78 is 121. The van der Waals surface area contributed by atoms with Crippen LogP contribution in [0.25, 0.3) is 10.8 Å². The van der Waals surface area contributed by atoms with E-state index in [0.717, 1.165) is 24.3 Å². The Labute approximate surface area is 255 Å². The van der Waals surface area contributed by atoms with Crippen LogP contribution in [0.4, 0.5) is 23.3 Å². The topological polar surface area (TPSA) is 296 Å². The molecular formula is C21H20ClN5O13S4. The van der Waals surface area contributed by atoms with Crippen molar-refractivity contribution in [3.05, 3.63) is 53.8 Å². The number of fused-ring (bicyclic) bond motifs is 1. The van der Waals surface area contributed by atoms with Gasteiger partial charge in [0.15, 0.2) is 9.84 Å². The second-order valence-corrected chi connectivity index (χ2v) is 15.1. The van der Waals surface area contributed by atoms with Crippen molar-refractivity contribution < 1.29 is 57.3 Å². The minimum absolute atomic E-state index is 0.102. The van der Waals surface area contributed by atoms with Gasteiger partial charge in [0.2, 0.25) is 17.2 Å². The van der Waals surface area contributed by atoms with E-state index < -0.39 is 69.1 Å². The first-order chi connectivity index (χ1) is 20.2. The summed E-state index contributed by atoms with van der Waals surface area (Å²) in [6.07, 6.45) is 0. The van der Waals surface area contributed by atoms with Crippen molar-refractivity contribution in [3.63, 3.8) is 0 Å². The van der Waals surface area contributed by atoms with Crippen molar-refractivity contribution in [1.29, 1.82) is 0 Å². The number of aromatic nitrogens is 3. The molecule has 1 heterocycles. The Bertz CT molecular complexity index is 2070. The summed E-state index contributed by atoms with van der Waals surface area (Å²) in [7, 11) is -18.0. The lowest BCUT2D eigenvalue weighted by Crippen LogP contribution is -2.15. The SMILES string of the molecule is O=S(=O)(O)OCCS(=O)(=O)c1ccc(Nc2nc(Cl)nc(Nc3cc(S(=O)(=O)O)cc4cc(S(O)(O)O)cc(O)c34)n2)cc1. The smallest absolute Gasteiger partial charge is 0.397 e. The number of halogens is 1. The Morgan fingerprint density at radius 2 is 1.34 bits per heavy atom. The molecule has 0 saturated carbocycles. The zero-order valence-electron chi connectivity index (χ0n) is 21.4. The van der Waals surface area contributed by atoms with Crippen LogP contribution < -0.4 is 10.6 Å². The van der Waals surface area contributed by atoms with Crippen molar-refractivity contribution in [2.24, 2.45) is 0 Å². The summed E-state index contributed by atoms with van der Waals surface area (Å²) >= 11 is 6.01. The van der Waals surface area contributed by atoms with Crippen LogP contribution in [-0.2, 0) is 34.5 Å². The van der Waals surface area contributed by atoms with Gasteiger partial charge in [-0.1, -0.05) is 0 Å². The van der Waals surface area contributed by atoms with E-state index in [4.69, 9.17) is 16.2 Å². The number of nitrogens with zero attached hydrogens (tertiary/aromatic N) is 3. The van der Waals surface area contributed by atoms with Crippen LogP contribution >= 0.6 is 22.5 Å². The molecule has 0 atom stereocenters. The van der Waals surface area contributed by atoms with Crippen LogP contribution in [0.1, 0.15) is 0 Å². The van der Waals surface area contributed by atoms with E-state index in [0.29, 0.717) is 0 Å². The lowest BCUT2D eigenvalue weighted by Gasteiger charge is -2.21. The Morgan fingerprint density at radius 1 is 0.750 bits per heavy atom. The van der Waals surface area contributed by atoms with Gasteiger partial charge in [-0.05, 0) is 65.5 Å². The van der Waals surface area contributed by atoms with Gasteiger partial charge >= 0.3 is 10.4 Å². The molecule has 1 aromatic heterocycles. The number of hydrogen-bond donors (Lipinski definition) is 8. The predicted octanol–water partition coefficient (Wildman–Crippen LogP) is 3.29. The Balaban J connectivity index is 1.64. The number of rotatable bonds is 11. The van der Waals surface area contributed by atoms with Crippen molar-refractivity contribution in [3.8, 4) is 5.75 Å². The van der Waals surface area contributed by atoms with Crippen molar-refractivity contribution in [2.75, 3.05) is 23.0 Å². The first-order valence-corrected chi connectivity index (χ1v) is 17.7. The van der Waals surface area contributed by atoms with Crippen LogP contribution in [0.5, 0.6) is 5.75 Å². The monoisotopic (exact) mass is 713 g/mol. The van der Waals surface area contributed by atoms with Gasteiger partial charge in [0.1, 0.15) is 16.6 Å². The second-order valence-electron chi connectivity index (χ2n) is 8.60. The Hall–Kier alpha value is -3.42. The quantitative estimate of drug-likeness (QED) is 0.103. The molecule has 0 radical (unpaired) electrons. The molecule has 0 fully saturated rings. The van der Waals surface area contributed by atoms with E-state index in [-0.39, 0.29) is 44.2 Å². The average Bonchev–Trinajstić information content (AvgIpc) is 2.86. The van der Waals surface area contributed by atoms with Gasteiger partial charge in [-0.15, -0.1) is 0 Å². The fourth-order valence-electron chi connectivity index (χ4n) is 3.67. The van der Waals surface area contributed by atoms with Crippen molar-refractivity contribution >= 4 is 86.9 Å². The molecule has 3 aromatic carbocycles. The summed E-state index contributed by atoms with van der Waals surface area (Å²) in [4.78, 5) is 10.4. The van der Waals surface area contributed by atoms with E-state index in [1.165, 1.54) is 24.3 Å². The number of aromatic hydroxyl groups is 1. The van der Waals surface area contributed by atoms with E-state index in [1.54, 1.807) is 0 Å². The summed E-state index contributed by atoms with van der Waals surface area (Å²) in [6, 6.07) is 8.61. The third kappa shape index (κ3) is 8.39. The van der Waals surface area contributed by atoms with Gasteiger partial charge in [-0.2, -0.15) is 31.8 Å². The molecule has 23 heteroatoms. The summed E-state index contributed by atoms with van der Waals surface area (Å²) in [6.45, 7) is -0.812. The maximum atomic E-state index is 12.4. The highest BCUT2D eigenvalue weighted by atomic mass is 35.5. The number of phenols is 1. The average molecular weight is 714 g/mol. The molecule has 18 nitrogen and oxygen atoms in total. The molecule has 8 N–H and O–H groups in total. The standard InChI is InChI=1S/C21H20ClN5O13S4/c22-19-25-20(23-12-1-3-13(4-2-12)41(29,30)6-5-40-44(37,38)39)27-21(26-19)24-16-9-14(42(31,32)33)7-11-8-15(43(34,35)36)10-17(28)18(11)16/h1-4,7-10,28,34-36H,5-6H2,(H,31,32,33)(H,37,38,39)(H2,23,24,25,26,27). The molecule has 0 saturated heterocycles. The molecule has 0 aliphatic rings. The van der Waals surface area contributed by atoms with Gasteiger partial charge in [-0.3, -0.25) is 9.11 Å². The molecule has 44 heavy (non-hydrogen) atoms. The number of sulfone groups is 1. The van der Waals surface area contributed by atoms with Crippen molar-refractivity contribution in [1.82, 2.24) is 15.0 Å². The van der Waals surface area contributed by atoms with Crippen molar-refractivity contribution in [2.45, 2.75) is 14.7 Å². The fourth-order valence-corrected chi connectivity index (χ4v) is 6.41. The second kappa shape index (κ2) is 12.2. The Morgan fingerprint density at radius 3 is 1.91 bits per heavy atom. The molecule has 0 aliphatic carbocycles. The zero-order chi connectivity index (χ0) is 32.7. The summed E-state index contributed by atoms with van der Waals surface area (Å²) in [5, 5.41) is 15.3. The summed E-state index contributed by atoms with van der Waals surface area (Å²) in [5.74, 6) is -1.88. The number of hydrogen-bond acceptors (Lipinski definition) is 16. The fraction of sp³-hybridized carbons (Fsp3) is 0.0952. The number of anilines is 4. The lowest BCUT2D eigenvalue weighted by molar-refractivity contribution is 0.284. The molecule has 238 valence electrons. The molecule has 0 amide bonds. The first kappa shape index (κ1) is 33.5. The normalized spacial score (nSPS) is 13.1. The third-order valence-corrected chi connectivity index (χ3v) is 9.53. The van der Waals surface area contributed by atoms with Crippen LogP contribution in [0.2, 0.25) is 5.28 Å². The van der Waals surface area contributed by atoms with E-state index in [9.17, 15) is 48.6 Å². The molecule has 4 rings (SSSR count). The first-order valence-electron chi connectivity index (χ1n) is 11.4. The molecule has 0 unspecified atom stereocenters. The van der Waals surface area contributed by atoms with E-state index in [1.807, 2.05) is 0 Å². The molecular weight excluding hydrogens is 694 g/mol. The largest absolute Gasteiger partial charge is 0.507 e. The van der Waals surface area contributed by atoms with Gasteiger partial charge in [0, 0.05) is 11.1 Å². The van der Waals surface area contributed by atoms with Gasteiger partial charge in [0.05, 0.1) is 32.7 Å². The predicted molar refractivity (Wildman–Crippen MR) is 157 cm³/mol. The molecule has 0 spiro atoms.